The summed E-state index contributed by atoms with van der Waals surface area (Å²) in [5, 5.41) is 8.89. The van der Waals surface area contributed by atoms with Crippen molar-refractivity contribution in [1.29, 1.82) is 5.26 Å². The zero-order valence-electron chi connectivity index (χ0n) is 15.7. The van der Waals surface area contributed by atoms with Gasteiger partial charge in [0.15, 0.2) is 0 Å². The molecule has 0 aromatic heterocycles. The summed E-state index contributed by atoms with van der Waals surface area (Å²) in [5.41, 5.74) is 1.60. The Labute approximate surface area is 162 Å². The number of benzene rings is 2. The van der Waals surface area contributed by atoms with Gasteiger partial charge in [0.25, 0.3) is 0 Å². The summed E-state index contributed by atoms with van der Waals surface area (Å²) < 4.78 is 38.1. The smallest absolute Gasteiger partial charge is 0.336 e. The highest BCUT2D eigenvalue weighted by Crippen LogP contribution is 2.49. The van der Waals surface area contributed by atoms with E-state index in [4.69, 9.17) is 5.26 Å². The molecule has 2 aromatic rings. The van der Waals surface area contributed by atoms with Crippen LogP contribution in [0.3, 0.4) is 0 Å². The molecule has 1 fully saturated rings. The minimum Gasteiger partial charge on any atom is -0.336 e. The highest BCUT2D eigenvalue weighted by molar-refractivity contribution is 5.83. The fourth-order valence-corrected chi connectivity index (χ4v) is 3.36. The standard InChI is InChI=1S/C22H21F3N2O/c1-14(2)27(13-16-5-3-15(12-26)4-6-16)21(28)20-11-19(20)17-7-9-18(10-8-17)22(23,24)25/h3-10,14,19-20H,11,13H2,1-2H3. The second kappa shape index (κ2) is 7.67. The van der Waals surface area contributed by atoms with Crippen LogP contribution in [-0.4, -0.2) is 16.8 Å². The Kier molecular flexibility index (Phi) is 5.46. The lowest BCUT2D eigenvalue weighted by atomic mass is 10.1. The topological polar surface area (TPSA) is 44.1 Å². The van der Waals surface area contributed by atoms with Gasteiger partial charge in [-0.15, -0.1) is 0 Å². The molecule has 146 valence electrons. The van der Waals surface area contributed by atoms with Crippen molar-refractivity contribution in [3.8, 4) is 6.07 Å². The van der Waals surface area contributed by atoms with Crippen LogP contribution in [0.25, 0.3) is 0 Å². The average molecular weight is 386 g/mol. The molecule has 0 spiro atoms. The molecule has 0 heterocycles. The van der Waals surface area contributed by atoms with E-state index in [0.29, 0.717) is 18.5 Å². The van der Waals surface area contributed by atoms with Crippen molar-refractivity contribution in [3.05, 3.63) is 70.8 Å². The number of hydrogen-bond donors (Lipinski definition) is 0. The first-order valence-corrected chi connectivity index (χ1v) is 9.17. The number of nitriles is 1. The summed E-state index contributed by atoms with van der Waals surface area (Å²) in [7, 11) is 0. The maximum absolute atomic E-state index is 13.0. The number of carbonyl (C=O) groups excluding carboxylic acids is 1. The molecule has 0 radical (unpaired) electrons. The number of amides is 1. The SMILES string of the molecule is CC(C)N(Cc1ccc(C#N)cc1)C(=O)C1CC1c1ccc(C(F)(F)F)cc1. The number of carbonyl (C=O) groups is 1. The third kappa shape index (κ3) is 4.36. The lowest BCUT2D eigenvalue weighted by Gasteiger charge is -2.27. The summed E-state index contributed by atoms with van der Waals surface area (Å²) >= 11 is 0. The molecule has 28 heavy (non-hydrogen) atoms. The van der Waals surface area contributed by atoms with Gasteiger partial charge in [-0.2, -0.15) is 18.4 Å². The Hall–Kier alpha value is -2.81. The first-order valence-electron chi connectivity index (χ1n) is 9.17. The maximum atomic E-state index is 13.0. The predicted molar refractivity (Wildman–Crippen MR) is 99.1 cm³/mol. The molecule has 6 heteroatoms. The van der Waals surface area contributed by atoms with Crippen molar-refractivity contribution in [2.45, 2.75) is 44.9 Å². The summed E-state index contributed by atoms with van der Waals surface area (Å²) in [6.07, 6.45) is -3.70. The average Bonchev–Trinajstić information content (AvgIpc) is 3.46. The van der Waals surface area contributed by atoms with Gasteiger partial charge in [-0.05, 0) is 61.6 Å². The Balaban J connectivity index is 1.68. The quantitative estimate of drug-likeness (QED) is 0.716. The lowest BCUT2D eigenvalue weighted by Crippen LogP contribution is -2.37. The van der Waals surface area contributed by atoms with E-state index in [9.17, 15) is 18.0 Å². The monoisotopic (exact) mass is 386 g/mol. The molecular formula is C22H21F3N2O. The lowest BCUT2D eigenvalue weighted by molar-refractivity contribution is -0.137. The summed E-state index contributed by atoms with van der Waals surface area (Å²) in [4.78, 5) is 14.8. The van der Waals surface area contributed by atoms with E-state index in [2.05, 4.69) is 6.07 Å². The fraction of sp³-hybridized carbons (Fsp3) is 0.364. The van der Waals surface area contributed by atoms with E-state index in [-0.39, 0.29) is 23.8 Å². The van der Waals surface area contributed by atoms with Crippen molar-refractivity contribution in [1.82, 2.24) is 4.90 Å². The maximum Gasteiger partial charge on any atom is 0.416 e. The Morgan fingerprint density at radius 3 is 2.25 bits per heavy atom. The zero-order chi connectivity index (χ0) is 20.5. The van der Waals surface area contributed by atoms with Crippen molar-refractivity contribution in [2.75, 3.05) is 0 Å². The van der Waals surface area contributed by atoms with Crippen LogP contribution in [0.5, 0.6) is 0 Å². The third-order valence-corrected chi connectivity index (χ3v) is 5.12. The van der Waals surface area contributed by atoms with Crippen LogP contribution in [0.1, 0.15) is 48.4 Å². The van der Waals surface area contributed by atoms with E-state index in [0.717, 1.165) is 23.3 Å². The summed E-state index contributed by atoms with van der Waals surface area (Å²) in [6.45, 7) is 4.33. The molecule has 0 aliphatic heterocycles. The normalized spacial score (nSPS) is 18.6. The van der Waals surface area contributed by atoms with Crippen LogP contribution >= 0.6 is 0 Å². The molecule has 1 aliphatic rings. The minimum absolute atomic E-state index is 0.00278. The second-order valence-corrected chi connectivity index (χ2v) is 7.44. The van der Waals surface area contributed by atoms with Gasteiger partial charge >= 0.3 is 6.18 Å². The fourth-order valence-electron chi connectivity index (χ4n) is 3.36. The number of hydrogen-bond acceptors (Lipinski definition) is 2. The second-order valence-electron chi connectivity index (χ2n) is 7.44. The first kappa shape index (κ1) is 19.9. The number of halogens is 3. The summed E-state index contributed by atoms with van der Waals surface area (Å²) in [6, 6.07) is 14.3. The van der Waals surface area contributed by atoms with Crippen LogP contribution in [0, 0.1) is 17.2 Å². The van der Waals surface area contributed by atoms with E-state index >= 15 is 0 Å². The van der Waals surface area contributed by atoms with Crippen molar-refractivity contribution in [2.24, 2.45) is 5.92 Å². The number of alkyl halides is 3. The van der Waals surface area contributed by atoms with Crippen LogP contribution in [-0.2, 0) is 17.5 Å². The molecule has 0 saturated heterocycles. The van der Waals surface area contributed by atoms with E-state index in [1.807, 2.05) is 26.0 Å². The molecule has 1 saturated carbocycles. The van der Waals surface area contributed by atoms with Gasteiger partial charge in [0, 0.05) is 18.5 Å². The molecule has 3 rings (SSSR count). The van der Waals surface area contributed by atoms with Crippen molar-refractivity contribution >= 4 is 5.91 Å². The summed E-state index contributed by atoms with van der Waals surface area (Å²) in [5.74, 6) is -0.209. The van der Waals surface area contributed by atoms with Gasteiger partial charge in [0.1, 0.15) is 0 Å². The van der Waals surface area contributed by atoms with Gasteiger partial charge in [-0.25, -0.2) is 0 Å². The first-order chi connectivity index (χ1) is 13.2. The van der Waals surface area contributed by atoms with E-state index in [1.165, 1.54) is 12.1 Å². The van der Waals surface area contributed by atoms with E-state index < -0.39 is 11.7 Å². The molecule has 2 aromatic carbocycles. The Morgan fingerprint density at radius 2 is 1.75 bits per heavy atom. The highest BCUT2D eigenvalue weighted by Gasteiger charge is 2.46. The number of rotatable bonds is 5. The molecule has 3 nitrogen and oxygen atoms in total. The molecule has 1 aliphatic carbocycles. The predicted octanol–water partition coefficient (Wildman–Crippen LogP) is 5.12. The Bertz CT molecular complexity index is 880. The van der Waals surface area contributed by atoms with Crippen molar-refractivity contribution < 1.29 is 18.0 Å². The highest BCUT2D eigenvalue weighted by atomic mass is 19.4. The van der Waals surface area contributed by atoms with Crippen LogP contribution in [0.2, 0.25) is 0 Å². The van der Waals surface area contributed by atoms with Gasteiger partial charge in [-0.3, -0.25) is 4.79 Å². The van der Waals surface area contributed by atoms with Crippen LogP contribution in [0.15, 0.2) is 48.5 Å². The number of nitrogens with zero attached hydrogens (tertiary/aromatic N) is 2. The van der Waals surface area contributed by atoms with Gasteiger partial charge < -0.3 is 4.90 Å². The molecule has 0 bridgehead atoms. The molecule has 1 amide bonds. The van der Waals surface area contributed by atoms with E-state index in [1.54, 1.807) is 17.0 Å². The zero-order valence-corrected chi connectivity index (χ0v) is 15.7. The third-order valence-electron chi connectivity index (χ3n) is 5.12. The van der Waals surface area contributed by atoms with Crippen LogP contribution < -0.4 is 0 Å². The Morgan fingerprint density at radius 1 is 1.14 bits per heavy atom. The largest absolute Gasteiger partial charge is 0.416 e. The molecule has 0 N–H and O–H groups in total. The molecular weight excluding hydrogens is 365 g/mol. The van der Waals surface area contributed by atoms with Gasteiger partial charge in [0.2, 0.25) is 5.91 Å². The van der Waals surface area contributed by atoms with Crippen molar-refractivity contribution in [3.63, 3.8) is 0 Å². The van der Waals surface area contributed by atoms with Gasteiger partial charge in [-0.1, -0.05) is 24.3 Å². The van der Waals surface area contributed by atoms with Crippen LogP contribution in [0.4, 0.5) is 13.2 Å². The molecule has 2 unspecified atom stereocenters. The molecule has 2 atom stereocenters. The minimum atomic E-state index is -4.35. The van der Waals surface area contributed by atoms with Gasteiger partial charge in [0.05, 0.1) is 17.2 Å².